The van der Waals surface area contributed by atoms with Gasteiger partial charge in [-0.2, -0.15) is 0 Å². The summed E-state index contributed by atoms with van der Waals surface area (Å²) in [4.78, 5) is 49.1. The Balaban J connectivity index is 1.09. The highest BCUT2D eigenvalue weighted by Crippen LogP contribution is 2.60. The number of hydrogen-bond acceptors (Lipinski definition) is 6. The number of para-hydroxylation sites is 1. The number of benzene rings is 5. The zero-order chi connectivity index (χ0) is 41.9. The van der Waals surface area contributed by atoms with E-state index in [1.807, 2.05) is 94.7 Å². The second kappa shape index (κ2) is 15.8. The van der Waals surface area contributed by atoms with Gasteiger partial charge in [0, 0.05) is 34.6 Å². The number of fused-ring (bicyclic) bond motifs is 4. The molecule has 1 fully saturated rings. The minimum Gasteiger partial charge on any atom is -0.497 e. The van der Waals surface area contributed by atoms with Crippen molar-refractivity contribution in [3.63, 3.8) is 0 Å². The van der Waals surface area contributed by atoms with E-state index >= 15 is 4.79 Å². The molecule has 9 rings (SSSR count). The van der Waals surface area contributed by atoms with Crippen LogP contribution < -0.4 is 19.7 Å². The summed E-state index contributed by atoms with van der Waals surface area (Å²) in [5.41, 5.74) is 5.92. The van der Waals surface area contributed by atoms with Crippen molar-refractivity contribution in [3.05, 3.63) is 148 Å². The van der Waals surface area contributed by atoms with E-state index in [4.69, 9.17) is 9.47 Å². The van der Waals surface area contributed by atoms with Crippen LogP contribution in [0.5, 0.6) is 5.75 Å². The first-order chi connectivity index (χ1) is 28.9. The first-order valence-electron chi connectivity index (χ1n) is 20.9. The lowest BCUT2D eigenvalue weighted by Crippen LogP contribution is -2.52. The summed E-state index contributed by atoms with van der Waals surface area (Å²) in [5.74, 6) is 0.243. The molecule has 5 aromatic carbocycles. The summed E-state index contributed by atoms with van der Waals surface area (Å²) >= 11 is 3.72. The molecule has 11 heteroatoms. The highest BCUT2D eigenvalue weighted by atomic mass is 79.9. The van der Waals surface area contributed by atoms with Gasteiger partial charge in [-0.25, -0.2) is 0 Å². The van der Waals surface area contributed by atoms with E-state index in [0.717, 1.165) is 55.1 Å². The number of methoxy groups -OCH3 is 1. The number of aliphatic hydroxyl groups excluding tert-OH is 1. The van der Waals surface area contributed by atoms with Gasteiger partial charge in [-0.3, -0.25) is 19.3 Å². The average Bonchev–Trinajstić information content (AvgIpc) is 3.68. The Morgan fingerprint density at radius 1 is 0.883 bits per heavy atom. The Bertz CT molecular complexity index is 2490. The van der Waals surface area contributed by atoms with E-state index in [0.29, 0.717) is 25.8 Å². The highest BCUT2D eigenvalue weighted by Gasteiger charge is 2.66. The van der Waals surface area contributed by atoms with Gasteiger partial charge >= 0.3 is 0 Å². The molecule has 0 aliphatic carbocycles. The number of nitrogens with zero attached hydrogens (tertiary/aromatic N) is 3. The molecule has 4 aliphatic rings. The Morgan fingerprint density at radius 3 is 2.37 bits per heavy atom. The second-order valence-corrected chi connectivity index (χ2v) is 22.9. The molecule has 0 unspecified atom stereocenters. The van der Waals surface area contributed by atoms with Crippen molar-refractivity contribution in [2.45, 2.75) is 82.1 Å². The number of hydrogen-bond donors (Lipinski definition) is 1. The van der Waals surface area contributed by atoms with Crippen molar-refractivity contribution in [1.29, 1.82) is 0 Å². The first-order valence-corrected chi connectivity index (χ1v) is 24.7. The van der Waals surface area contributed by atoms with Crippen molar-refractivity contribution in [2.75, 3.05) is 23.5 Å². The maximum absolute atomic E-state index is 15.6. The normalized spacial score (nSPS) is 23.5. The molecule has 5 aromatic rings. The van der Waals surface area contributed by atoms with E-state index in [1.54, 1.807) is 12.0 Å². The zero-order valence-electron chi connectivity index (χ0n) is 34.4. The van der Waals surface area contributed by atoms with Crippen molar-refractivity contribution in [3.8, 4) is 5.75 Å². The fourth-order valence-corrected chi connectivity index (χ4v) is 15.0. The van der Waals surface area contributed by atoms with E-state index in [-0.39, 0.29) is 54.8 Å². The summed E-state index contributed by atoms with van der Waals surface area (Å²) in [6.07, 6.45) is 1.20. The third-order valence-electron chi connectivity index (χ3n) is 13.7. The van der Waals surface area contributed by atoms with Gasteiger partial charge in [0.1, 0.15) is 5.75 Å². The third-order valence-corrected chi connectivity index (χ3v) is 18.5. The predicted octanol–water partition coefficient (Wildman–Crippen LogP) is 8.17. The van der Waals surface area contributed by atoms with Gasteiger partial charge < -0.3 is 24.4 Å². The molecule has 0 bridgehead atoms. The van der Waals surface area contributed by atoms with Gasteiger partial charge in [0.05, 0.1) is 58.3 Å². The summed E-state index contributed by atoms with van der Waals surface area (Å²) in [7, 11) is -0.888. The second-order valence-electron chi connectivity index (χ2n) is 17.3. The van der Waals surface area contributed by atoms with Crippen LogP contribution in [0.1, 0.15) is 47.6 Å². The van der Waals surface area contributed by atoms with Crippen molar-refractivity contribution in [1.82, 2.24) is 4.90 Å². The van der Waals surface area contributed by atoms with Crippen molar-refractivity contribution < 1.29 is 29.0 Å². The maximum Gasteiger partial charge on any atom is 0.264 e. The molecule has 0 saturated carbocycles. The lowest BCUT2D eigenvalue weighted by Gasteiger charge is -2.39. The smallest absolute Gasteiger partial charge is 0.264 e. The maximum atomic E-state index is 15.6. The van der Waals surface area contributed by atoms with Crippen LogP contribution in [0.2, 0.25) is 18.6 Å². The van der Waals surface area contributed by atoms with Crippen LogP contribution in [-0.4, -0.2) is 61.7 Å². The van der Waals surface area contributed by atoms with Crippen LogP contribution >= 0.6 is 15.9 Å². The summed E-state index contributed by atoms with van der Waals surface area (Å²) in [5, 5.41) is 11.7. The highest BCUT2D eigenvalue weighted by molar-refractivity contribution is 9.10. The third kappa shape index (κ3) is 6.70. The fourth-order valence-electron chi connectivity index (χ4n) is 10.7. The number of carbonyl (C=O) groups excluding carboxylic acids is 3. The molecular weight excluding hydrogens is 835 g/mol. The molecule has 1 N–H and O–H groups in total. The Labute approximate surface area is 361 Å². The zero-order valence-corrected chi connectivity index (χ0v) is 37.0. The lowest BCUT2D eigenvalue weighted by atomic mass is 9.82. The monoisotopic (exact) mass is 883 g/mol. The largest absolute Gasteiger partial charge is 0.497 e. The van der Waals surface area contributed by atoms with Crippen molar-refractivity contribution >= 4 is 64.0 Å². The fraction of sp³-hybridized carbons (Fsp3) is 0.327. The number of halogens is 1. The predicted molar refractivity (Wildman–Crippen MR) is 239 cm³/mol. The Hall–Kier alpha value is -5.07. The molecule has 1 spiro atoms. The van der Waals surface area contributed by atoms with Crippen LogP contribution in [0, 0.1) is 5.92 Å². The summed E-state index contributed by atoms with van der Waals surface area (Å²) < 4.78 is 13.7. The number of aliphatic hydroxyl groups is 1. The molecule has 308 valence electrons. The quantitative estimate of drug-likeness (QED) is 0.150. The van der Waals surface area contributed by atoms with Crippen LogP contribution in [0.3, 0.4) is 0 Å². The Kier molecular flexibility index (Phi) is 10.6. The number of rotatable bonds is 9. The van der Waals surface area contributed by atoms with Crippen LogP contribution in [0.15, 0.2) is 120 Å². The number of ether oxygens (including phenoxy) is 2. The number of carbonyl (C=O) groups is 3. The lowest BCUT2D eigenvalue weighted by molar-refractivity contribution is -0.151. The SMILES string of the molecule is COc1ccc([Si](C)(C)[C@@H]2[C@@H](CC(=O)N3Cc4ccccc4C[C@H]3CO)O[C@]3(C(=O)N(Cc4cccc(N5C(=O)CCc6ccccc65)c4)c4ccc(Br)cc43)[C@H]2C)cc1. The molecular formula is C49H50BrN3O6Si. The van der Waals surface area contributed by atoms with Crippen molar-refractivity contribution in [2.24, 2.45) is 5.92 Å². The van der Waals surface area contributed by atoms with Crippen LogP contribution in [-0.2, 0) is 50.7 Å². The molecule has 0 radical (unpaired) electrons. The van der Waals surface area contributed by atoms with Gasteiger partial charge in [-0.15, -0.1) is 0 Å². The Morgan fingerprint density at radius 2 is 1.62 bits per heavy atom. The molecule has 3 amide bonds. The van der Waals surface area contributed by atoms with E-state index in [9.17, 15) is 14.7 Å². The van der Waals surface area contributed by atoms with E-state index in [2.05, 4.69) is 66.3 Å². The molecule has 4 heterocycles. The standard InChI is InChI=1S/C49H50BrN3O6Si/c1-31-47(60(3,4)40-20-18-39(58-2)19-21-40)44(27-46(56)51-29-35-13-6-5-12-34(35)25-38(51)30-54)59-49(31)41-26-36(50)17-22-43(41)52(48(49)57)28-32-10-9-14-37(24-32)53-42-15-8-7-11-33(42)16-23-45(53)55/h5-15,17-22,24,26,31,38,44,47,54H,16,23,25,27-30H2,1-4H3/t31-,38-,44+,47-,49+/m0/s1. The number of amides is 3. The van der Waals surface area contributed by atoms with Gasteiger partial charge in [0.2, 0.25) is 11.8 Å². The number of anilines is 3. The molecule has 1 saturated heterocycles. The minimum atomic E-state index is -2.54. The molecule has 60 heavy (non-hydrogen) atoms. The van der Waals surface area contributed by atoms with Crippen LogP contribution in [0.4, 0.5) is 17.1 Å². The molecule has 4 aliphatic heterocycles. The molecule has 0 aromatic heterocycles. The van der Waals surface area contributed by atoms with E-state index < -0.39 is 19.8 Å². The topological polar surface area (TPSA) is 99.6 Å². The van der Waals surface area contributed by atoms with Gasteiger partial charge in [-0.1, -0.05) is 108 Å². The first kappa shape index (κ1) is 40.3. The summed E-state index contributed by atoms with van der Waals surface area (Å²) in [6, 6.07) is 37.8. The van der Waals surface area contributed by atoms with E-state index in [1.165, 1.54) is 5.19 Å². The van der Waals surface area contributed by atoms with Gasteiger partial charge in [0.25, 0.3) is 5.91 Å². The van der Waals surface area contributed by atoms with Gasteiger partial charge in [-0.05, 0) is 89.2 Å². The molecule has 9 nitrogen and oxygen atoms in total. The van der Waals surface area contributed by atoms with Gasteiger partial charge in [0.15, 0.2) is 5.60 Å². The molecule has 5 atom stereocenters. The number of aryl methyl sites for hydroxylation is 1. The average molecular weight is 885 g/mol. The summed E-state index contributed by atoms with van der Waals surface area (Å²) in [6.45, 7) is 7.29. The van der Waals surface area contributed by atoms with Crippen LogP contribution in [0.25, 0.3) is 0 Å². The minimum absolute atomic E-state index is 0.0415.